The van der Waals surface area contributed by atoms with Gasteiger partial charge in [0.15, 0.2) is 5.76 Å². The Morgan fingerprint density at radius 3 is 2.37 bits per heavy atom. The van der Waals surface area contributed by atoms with Crippen LogP contribution in [0.4, 0.5) is 0 Å². The number of aliphatic hydroxyl groups is 1. The summed E-state index contributed by atoms with van der Waals surface area (Å²) in [5, 5.41) is 13.2. The van der Waals surface area contributed by atoms with E-state index in [-0.39, 0.29) is 16.9 Å². The molecule has 0 radical (unpaired) electrons. The summed E-state index contributed by atoms with van der Waals surface area (Å²) >= 11 is 0. The Kier molecular flexibility index (Phi) is 3.98. The first-order valence-electron chi connectivity index (χ1n) is 6.45. The second-order valence-electron chi connectivity index (χ2n) is 5.14. The number of hydrogen-bond donors (Lipinski definition) is 1. The van der Waals surface area contributed by atoms with Gasteiger partial charge in [-0.05, 0) is 39.5 Å². The lowest BCUT2D eigenvalue weighted by Crippen LogP contribution is -2.40. The van der Waals surface area contributed by atoms with Crippen LogP contribution in [-0.2, 0) is 10.0 Å². The Bertz CT molecular complexity index is 523. The van der Waals surface area contributed by atoms with Gasteiger partial charge >= 0.3 is 0 Å². The summed E-state index contributed by atoms with van der Waals surface area (Å²) < 4.78 is 31.5. The minimum atomic E-state index is -3.53. The molecule has 1 fully saturated rings. The molecule has 1 N–H and O–H groups in total. The van der Waals surface area contributed by atoms with Crippen LogP contribution in [0.15, 0.2) is 9.42 Å². The third-order valence-electron chi connectivity index (χ3n) is 3.75. The molecule has 0 bridgehead atoms. The Morgan fingerprint density at radius 1 is 1.37 bits per heavy atom. The zero-order valence-corrected chi connectivity index (χ0v) is 12.3. The lowest BCUT2D eigenvalue weighted by atomic mass is 9.93. The summed E-state index contributed by atoms with van der Waals surface area (Å²) in [5.74, 6) is 0.506. The van der Waals surface area contributed by atoms with E-state index in [0.717, 1.165) is 0 Å². The highest BCUT2D eigenvalue weighted by Gasteiger charge is 2.34. The van der Waals surface area contributed by atoms with Crippen molar-refractivity contribution in [2.24, 2.45) is 5.92 Å². The second kappa shape index (κ2) is 5.22. The van der Waals surface area contributed by atoms with Crippen molar-refractivity contribution in [1.82, 2.24) is 9.46 Å². The van der Waals surface area contributed by atoms with E-state index in [1.165, 1.54) is 4.31 Å². The van der Waals surface area contributed by atoms with Crippen LogP contribution < -0.4 is 0 Å². The predicted molar refractivity (Wildman–Crippen MR) is 69.1 cm³/mol. The Balaban J connectivity index is 2.19. The number of rotatable bonds is 3. The largest absolute Gasteiger partial charge is 0.393 e. The Morgan fingerprint density at radius 2 is 1.95 bits per heavy atom. The maximum absolute atomic E-state index is 12.5. The molecule has 1 unspecified atom stereocenters. The van der Waals surface area contributed by atoms with Crippen LogP contribution in [0.2, 0.25) is 0 Å². The topological polar surface area (TPSA) is 83.6 Å². The maximum Gasteiger partial charge on any atom is 0.248 e. The molecule has 0 aromatic carbocycles. The normalized spacial score (nSPS) is 20.6. The first kappa shape index (κ1) is 14.5. The molecule has 19 heavy (non-hydrogen) atoms. The monoisotopic (exact) mass is 288 g/mol. The van der Waals surface area contributed by atoms with Crippen LogP contribution in [0, 0.1) is 19.8 Å². The van der Waals surface area contributed by atoms with E-state index in [2.05, 4.69) is 5.16 Å². The second-order valence-corrected chi connectivity index (χ2v) is 7.01. The molecule has 1 saturated heterocycles. The van der Waals surface area contributed by atoms with Crippen molar-refractivity contribution in [2.45, 2.75) is 44.6 Å². The van der Waals surface area contributed by atoms with Crippen molar-refractivity contribution in [2.75, 3.05) is 13.1 Å². The molecule has 1 atom stereocenters. The van der Waals surface area contributed by atoms with Crippen LogP contribution in [0.1, 0.15) is 31.2 Å². The number of hydrogen-bond acceptors (Lipinski definition) is 5. The zero-order chi connectivity index (χ0) is 14.2. The van der Waals surface area contributed by atoms with E-state index in [9.17, 15) is 13.5 Å². The zero-order valence-electron chi connectivity index (χ0n) is 11.5. The number of piperidine rings is 1. The Labute approximate surface area is 113 Å². The van der Waals surface area contributed by atoms with Gasteiger partial charge in [-0.3, -0.25) is 0 Å². The number of aromatic nitrogens is 1. The first-order chi connectivity index (χ1) is 8.84. The van der Waals surface area contributed by atoms with Crippen molar-refractivity contribution in [3.8, 4) is 0 Å². The third-order valence-corrected chi connectivity index (χ3v) is 5.89. The fourth-order valence-corrected chi connectivity index (χ4v) is 4.33. The minimum absolute atomic E-state index is 0.177. The summed E-state index contributed by atoms with van der Waals surface area (Å²) in [5.41, 5.74) is 0.398. The minimum Gasteiger partial charge on any atom is -0.393 e. The highest BCUT2D eigenvalue weighted by atomic mass is 32.2. The Hall–Kier alpha value is -0.920. The smallest absolute Gasteiger partial charge is 0.248 e. The summed E-state index contributed by atoms with van der Waals surface area (Å²) in [6.45, 7) is 5.86. The highest BCUT2D eigenvalue weighted by molar-refractivity contribution is 7.89. The molecule has 1 aromatic heterocycles. The van der Waals surface area contributed by atoms with E-state index >= 15 is 0 Å². The summed E-state index contributed by atoms with van der Waals surface area (Å²) in [6.07, 6.45) is 0.976. The van der Waals surface area contributed by atoms with Crippen LogP contribution in [0.3, 0.4) is 0 Å². The van der Waals surface area contributed by atoms with E-state index in [1.807, 2.05) is 0 Å². The van der Waals surface area contributed by atoms with Crippen LogP contribution >= 0.6 is 0 Å². The van der Waals surface area contributed by atoms with E-state index in [1.54, 1.807) is 20.8 Å². The fraction of sp³-hybridized carbons (Fsp3) is 0.750. The van der Waals surface area contributed by atoms with Gasteiger partial charge in [-0.15, -0.1) is 0 Å². The van der Waals surface area contributed by atoms with Gasteiger partial charge in [-0.1, -0.05) is 5.16 Å². The molecule has 0 aliphatic carbocycles. The van der Waals surface area contributed by atoms with Crippen LogP contribution in [-0.4, -0.2) is 42.2 Å². The SMILES string of the molecule is Cc1noc(C)c1S(=O)(=O)N1CCC(C(C)O)CC1. The summed E-state index contributed by atoms with van der Waals surface area (Å²) in [4.78, 5) is 0.183. The van der Waals surface area contributed by atoms with Crippen LogP contribution in [0.25, 0.3) is 0 Å². The number of aryl methyl sites for hydroxylation is 2. The lowest BCUT2D eigenvalue weighted by Gasteiger charge is -2.32. The van der Waals surface area contributed by atoms with Crippen LogP contribution in [0.5, 0.6) is 0 Å². The summed E-state index contributed by atoms with van der Waals surface area (Å²) in [7, 11) is -3.53. The molecule has 0 spiro atoms. The van der Waals surface area contributed by atoms with E-state index in [4.69, 9.17) is 4.52 Å². The lowest BCUT2D eigenvalue weighted by molar-refractivity contribution is 0.0912. The molecule has 0 amide bonds. The average Bonchev–Trinajstić information content (AvgIpc) is 2.69. The number of aliphatic hydroxyl groups excluding tert-OH is 1. The molecule has 0 saturated carbocycles. The molecule has 2 rings (SSSR count). The van der Waals surface area contributed by atoms with Gasteiger partial charge in [0.2, 0.25) is 10.0 Å². The van der Waals surface area contributed by atoms with E-state index in [0.29, 0.717) is 37.4 Å². The first-order valence-corrected chi connectivity index (χ1v) is 7.89. The van der Waals surface area contributed by atoms with Gasteiger partial charge in [0.05, 0.1) is 6.10 Å². The predicted octanol–water partition coefficient (Wildman–Crippen LogP) is 1.07. The molecule has 1 aliphatic rings. The summed E-state index contributed by atoms with van der Waals surface area (Å²) in [6, 6.07) is 0. The molecular formula is C12H20N2O4S. The number of nitrogens with zero attached hydrogens (tertiary/aromatic N) is 2. The maximum atomic E-state index is 12.5. The van der Waals surface area contributed by atoms with Gasteiger partial charge in [0, 0.05) is 13.1 Å². The van der Waals surface area contributed by atoms with Crippen molar-refractivity contribution >= 4 is 10.0 Å². The van der Waals surface area contributed by atoms with Gasteiger partial charge in [-0.2, -0.15) is 4.31 Å². The fourth-order valence-electron chi connectivity index (χ4n) is 2.57. The molecule has 1 aliphatic heterocycles. The van der Waals surface area contributed by atoms with Crippen molar-refractivity contribution < 1.29 is 18.0 Å². The van der Waals surface area contributed by atoms with Crippen molar-refractivity contribution in [3.63, 3.8) is 0 Å². The van der Waals surface area contributed by atoms with Gasteiger partial charge in [0.1, 0.15) is 10.6 Å². The highest BCUT2D eigenvalue weighted by Crippen LogP contribution is 2.28. The quantitative estimate of drug-likeness (QED) is 0.899. The molecular weight excluding hydrogens is 268 g/mol. The van der Waals surface area contributed by atoms with Crippen molar-refractivity contribution in [1.29, 1.82) is 0 Å². The average molecular weight is 288 g/mol. The van der Waals surface area contributed by atoms with Crippen molar-refractivity contribution in [3.05, 3.63) is 11.5 Å². The van der Waals surface area contributed by atoms with Gasteiger partial charge in [0.25, 0.3) is 0 Å². The third kappa shape index (κ3) is 2.68. The molecule has 2 heterocycles. The standard InChI is InChI=1S/C12H20N2O4S/c1-8-12(10(3)18-13-8)19(16,17)14-6-4-11(5-7-14)9(2)15/h9,11,15H,4-7H2,1-3H3. The van der Waals surface area contributed by atoms with E-state index < -0.39 is 10.0 Å². The molecule has 1 aromatic rings. The molecule has 6 nitrogen and oxygen atoms in total. The number of sulfonamides is 1. The molecule has 7 heteroatoms. The van der Waals surface area contributed by atoms with Gasteiger partial charge in [-0.25, -0.2) is 8.42 Å². The molecule has 108 valence electrons. The van der Waals surface area contributed by atoms with Gasteiger partial charge < -0.3 is 9.63 Å².